The molecule has 2 rings (SSSR count). The highest BCUT2D eigenvalue weighted by molar-refractivity contribution is 7.89. The molecule has 0 bridgehead atoms. The first-order chi connectivity index (χ1) is 8.53. The summed E-state index contributed by atoms with van der Waals surface area (Å²) in [6.07, 6.45) is 2.69. The van der Waals surface area contributed by atoms with Gasteiger partial charge in [0.05, 0.1) is 4.90 Å². The Balaban J connectivity index is 2.14. The number of hydrogen-bond donors (Lipinski definition) is 1. The molecular formula is C12H15N3O2S. The third-order valence-electron chi connectivity index (χ3n) is 3.03. The summed E-state index contributed by atoms with van der Waals surface area (Å²) in [5.41, 5.74) is 0.722. The Morgan fingerprint density at radius 1 is 1.44 bits per heavy atom. The van der Waals surface area contributed by atoms with Crippen LogP contribution < -0.4 is 4.72 Å². The van der Waals surface area contributed by atoms with Crippen LogP contribution in [0.1, 0.15) is 12.0 Å². The van der Waals surface area contributed by atoms with E-state index in [4.69, 9.17) is 5.26 Å². The quantitative estimate of drug-likeness (QED) is 0.822. The van der Waals surface area contributed by atoms with Crippen LogP contribution in [0.5, 0.6) is 0 Å². The molecule has 6 heteroatoms. The summed E-state index contributed by atoms with van der Waals surface area (Å²) in [6, 6.07) is 6.69. The van der Waals surface area contributed by atoms with Gasteiger partial charge in [0.2, 0.25) is 10.0 Å². The Kier molecular flexibility index (Phi) is 3.55. The summed E-state index contributed by atoms with van der Waals surface area (Å²) in [6.45, 7) is 2.82. The highest BCUT2D eigenvalue weighted by atomic mass is 32.2. The monoisotopic (exact) mass is 265 g/mol. The standard InChI is InChI=1S/C12H15N3O2S/c1-10-4-2-3-5-12(10)18(16,17)14-11-6-7-15(8-11)9-13/h2-5,11,14H,6-8H2,1H3/t11-/m1/s1. The van der Waals surface area contributed by atoms with Gasteiger partial charge in [0, 0.05) is 19.1 Å². The van der Waals surface area contributed by atoms with Crippen LogP contribution in [0.2, 0.25) is 0 Å². The molecule has 18 heavy (non-hydrogen) atoms. The van der Waals surface area contributed by atoms with Gasteiger partial charge in [-0.25, -0.2) is 13.1 Å². The van der Waals surface area contributed by atoms with Gasteiger partial charge >= 0.3 is 0 Å². The average Bonchev–Trinajstić information content (AvgIpc) is 2.76. The molecule has 0 unspecified atom stereocenters. The number of sulfonamides is 1. The first kappa shape index (κ1) is 12.9. The SMILES string of the molecule is Cc1ccccc1S(=O)(=O)N[C@@H]1CCN(C#N)C1. The average molecular weight is 265 g/mol. The lowest BCUT2D eigenvalue weighted by atomic mass is 10.2. The summed E-state index contributed by atoms with van der Waals surface area (Å²) in [5.74, 6) is 0. The van der Waals surface area contributed by atoms with Crippen LogP contribution in [0.3, 0.4) is 0 Å². The third kappa shape index (κ3) is 2.63. The van der Waals surface area contributed by atoms with Gasteiger partial charge < -0.3 is 4.90 Å². The Labute approximate surface area is 107 Å². The Morgan fingerprint density at radius 2 is 2.17 bits per heavy atom. The van der Waals surface area contributed by atoms with Gasteiger partial charge in [-0.1, -0.05) is 18.2 Å². The van der Waals surface area contributed by atoms with Gasteiger partial charge in [0.1, 0.15) is 0 Å². The van der Waals surface area contributed by atoms with Gasteiger partial charge in [0.25, 0.3) is 0 Å². The zero-order chi connectivity index (χ0) is 13.2. The highest BCUT2D eigenvalue weighted by Crippen LogP contribution is 2.16. The van der Waals surface area contributed by atoms with E-state index in [1.54, 1.807) is 36.1 Å². The molecule has 0 saturated carbocycles. The van der Waals surface area contributed by atoms with Crippen molar-refractivity contribution in [1.29, 1.82) is 5.26 Å². The summed E-state index contributed by atoms with van der Waals surface area (Å²) in [7, 11) is -3.49. The lowest BCUT2D eigenvalue weighted by molar-refractivity contribution is 0.470. The number of hydrogen-bond acceptors (Lipinski definition) is 4. The molecule has 1 saturated heterocycles. The van der Waals surface area contributed by atoms with Crippen LogP contribution in [0.15, 0.2) is 29.2 Å². The number of nitriles is 1. The van der Waals surface area contributed by atoms with Gasteiger partial charge in [-0.3, -0.25) is 0 Å². The molecule has 1 aromatic rings. The number of benzene rings is 1. The predicted octanol–water partition coefficient (Wildman–Crippen LogP) is 0.829. The van der Waals surface area contributed by atoms with Crippen molar-refractivity contribution in [1.82, 2.24) is 9.62 Å². The van der Waals surface area contributed by atoms with E-state index in [0.717, 1.165) is 5.56 Å². The Morgan fingerprint density at radius 3 is 2.78 bits per heavy atom. The topological polar surface area (TPSA) is 73.2 Å². The van der Waals surface area contributed by atoms with Crippen LogP contribution in [-0.2, 0) is 10.0 Å². The zero-order valence-corrected chi connectivity index (χ0v) is 10.9. The Hall–Kier alpha value is -1.58. The normalized spacial score (nSPS) is 19.8. The fourth-order valence-electron chi connectivity index (χ4n) is 2.09. The fraction of sp³-hybridized carbons (Fsp3) is 0.417. The highest BCUT2D eigenvalue weighted by Gasteiger charge is 2.27. The van der Waals surface area contributed by atoms with Crippen molar-refractivity contribution >= 4 is 10.0 Å². The van der Waals surface area contributed by atoms with Gasteiger partial charge in [-0.05, 0) is 25.0 Å². The van der Waals surface area contributed by atoms with Crippen LogP contribution >= 0.6 is 0 Å². The number of aryl methyl sites for hydroxylation is 1. The number of nitrogens with one attached hydrogen (secondary N) is 1. The van der Waals surface area contributed by atoms with E-state index in [-0.39, 0.29) is 6.04 Å². The minimum absolute atomic E-state index is 0.186. The van der Waals surface area contributed by atoms with E-state index in [2.05, 4.69) is 4.72 Å². The molecule has 1 aliphatic rings. The number of likely N-dealkylation sites (tertiary alicyclic amines) is 1. The molecule has 1 atom stereocenters. The molecule has 1 heterocycles. The molecule has 1 aromatic carbocycles. The second-order valence-electron chi connectivity index (χ2n) is 4.42. The minimum atomic E-state index is -3.49. The second kappa shape index (κ2) is 4.96. The number of rotatable bonds is 3. The van der Waals surface area contributed by atoms with Crippen molar-refractivity contribution < 1.29 is 8.42 Å². The Bertz CT molecular complexity index is 577. The van der Waals surface area contributed by atoms with Crippen molar-refractivity contribution in [3.63, 3.8) is 0 Å². The molecule has 0 radical (unpaired) electrons. The maximum Gasteiger partial charge on any atom is 0.241 e. The van der Waals surface area contributed by atoms with Crippen LogP contribution in [0, 0.1) is 18.4 Å². The molecule has 96 valence electrons. The van der Waals surface area contributed by atoms with Crippen molar-refractivity contribution in [3.05, 3.63) is 29.8 Å². The molecular weight excluding hydrogens is 250 g/mol. The molecule has 0 aromatic heterocycles. The van der Waals surface area contributed by atoms with Gasteiger partial charge in [0.15, 0.2) is 6.19 Å². The van der Waals surface area contributed by atoms with Crippen molar-refractivity contribution in [2.24, 2.45) is 0 Å². The summed E-state index contributed by atoms with van der Waals surface area (Å²) < 4.78 is 27.0. The predicted molar refractivity (Wildman–Crippen MR) is 67.1 cm³/mol. The van der Waals surface area contributed by atoms with E-state index >= 15 is 0 Å². The van der Waals surface area contributed by atoms with E-state index in [1.807, 2.05) is 6.19 Å². The molecule has 0 aliphatic carbocycles. The second-order valence-corrected chi connectivity index (χ2v) is 6.10. The number of nitrogens with zero attached hydrogens (tertiary/aromatic N) is 2. The molecule has 0 amide bonds. The van der Waals surface area contributed by atoms with E-state index in [1.165, 1.54) is 0 Å². The smallest absolute Gasteiger partial charge is 0.241 e. The first-order valence-corrected chi connectivity index (χ1v) is 7.24. The molecule has 1 N–H and O–H groups in total. The lowest BCUT2D eigenvalue weighted by Gasteiger charge is -2.14. The van der Waals surface area contributed by atoms with Crippen molar-refractivity contribution in [3.8, 4) is 6.19 Å². The van der Waals surface area contributed by atoms with Gasteiger partial charge in [-0.15, -0.1) is 0 Å². The molecule has 1 fully saturated rings. The minimum Gasteiger partial charge on any atom is -0.309 e. The third-order valence-corrected chi connectivity index (χ3v) is 4.72. The zero-order valence-electron chi connectivity index (χ0n) is 10.1. The van der Waals surface area contributed by atoms with E-state index < -0.39 is 10.0 Å². The summed E-state index contributed by atoms with van der Waals surface area (Å²) in [5, 5.41) is 8.74. The fourth-order valence-corrected chi connectivity index (χ4v) is 3.60. The lowest BCUT2D eigenvalue weighted by Crippen LogP contribution is -2.36. The summed E-state index contributed by atoms with van der Waals surface area (Å²) in [4.78, 5) is 1.87. The van der Waals surface area contributed by atoms with Gasteiger partial charge in [-0.2, -0.15) is 5.26 Å². The van der Waals surface area contributed by atoms with Crippen molar-refractivity contribution in [2.45, 2.75) is 24.3 Å². The molecule has 0 spiro atoms. The largest absolute Gasteiger partial charge is 0.309 e. The van der Waals surface area contributed by atoms with E-state index in [0.29, 0.717) is 24.4 Å². The molecule has 1 aliphatic heterocycles. The van der Waals surface area contributed by atoms with E-state index in [9.17, 15) is 8.42 Å². The maximum absolute atomic E-state index is 12.2. The summed E-state index contributed by atoms with van der Waals surface area (Å²) >= 11 is 0. The van der Waals surface area contributed by atoms with Crippen LogP contribution in [0.4, 0.5) is 0 Å². The first-order valence-electron chi connectivity index (χ1n) is 5.75. The van der Waals surface area contributed by atoms with Crippen molar-refractivity contribution in [2.75, 3.05) is 13.1 Å². The molecule has 5 nitrogen and oxygen atoms in total. The van der Waals surface area contributed by atoms with Crippen LogP contribution in [-0.4, -0.2) is 32.4 Å². The van der Waals surface area contributed by atoms with Crippen LogP contribution in [0.25, 0.3) is 0 Å². The maximum atomic E-state index is 12.2.